The summed E-state index contributed by atoms with van der Waals surface area (Å²) < 4.78 is 77.0. The van der Waals surface area contributed by atoms with E-state index in [9.17, 15) is 26.3 Å². The summed E-state index contributed by atoms with van der Waals surface area (Å²) in [5, 5.41) is 0. The molecule has 0 unspecified atom stereocenters. The number of hydrogen-bond donors (Lipinski definition) is 0. The minimum atomic E-state index is -4.83. The van der Waals surface area contributed by atoms with E-state index >= 15 is 0 Å². The summed E-state index contributed by atoms with van der Waals surface area (Å²) in [6.07, 6.45) is -9.65. The number of benzene rings is 2. The topological polar surface area (TPSA) is 0 Å². The lowest BCUT2D eigenvalue weighted by molar-refractivity contribution is -0.143. The standard InChI is InChI=1S/C16H12F6/c1-10(11-5-3-2-4-6-11)12-7-13(15(17,18)19)9-14(8-12)16(20,21)22/h2-10H,1H3/t10-/m0/s1. The zero-order valence-corrected chi connectivity index (χ0v) is 11.5. The van der Waals surface area contributed by atoms with Crippen molar-refractivity contribution in [3.8, 4) is 0 Å². The molecule has 0 radical (unpaired) electrons. The van der Waals surface area contributed by atoms with Crippen LogP contribution in [-0.4, -0.2) is 0 Å². The van der Waals surface area contributed by atoms with Gasteiger partial charge in [-0.05, 0) is 29.3 Å². The molecule has 0 saturated carbocycles. The Bertz CT molecular complexity index is 608. The molecule has 0 spiro atoms. The number of hydrogen-bond acceptors (Lipinski definition) is 0. The summed E-state index contributed by atoms with van der Waals surface area (Å²) in [4.78, 5) is 0. The van der Waals surface area contributed by atoms with Crippen LogP contribution in [0.1, 0.15) is 35.1 Å². The predicted molar refractivity (Wildman–Crippen MR) is 70.4 cm³/mol. The van der Waals surface area contributed by atoms with Crippen LogP contribution < -0.4 is 0 Å². The van der Waals surface area contributed by atoms with Crippen molar-refractivity contribution in [2.24, 2.45) is 0 Å². The lowest BCUT2D eigenvalue weighted by atomic mass is 9.90. The molecule has 2 rings (SSSR count). The Balaban J connectivity index is 2.56. The highest BCUT2D eigenvalue weighted by molar-refractivity contribution is 5.39. The Hall–Kier alpha value is -1.98. The lowest BCUT2D eigenvalue weighted by Crippen LogP contribution is -2.12. The van der Waals surface area contributed by atoms with Crippen molar-refractivity contribution in [2.45, 2.75) is 25.2 Å². The summed E-state index contributed by atoms with van der Waals surface area (Å²) >= 11 is 0. The smallest absolute Gasteiger partial charge is 0.166 e. The molecule has 0 aliphatic carbocycles. The molecular formula is C16H12F6. The van der Waals surface area contributed by atoms with Crippen LogP contribution in [0.5, 0.6) is 0 Å². The third-order valence-corrected chi connectivity index (χ3v) is 3.41. The first-order valence-electron chi connectivity index (χ1n) is 6.43. The fraction of sp³-hybridized carbons (Fsp3) is 0.250. The van der Waals surface area contributed by atoms with Crippen molar-refractivity contribution >= 4 is 0 Å². The predicted octanol–water partition coefficient (Wildman–Crippen LogP) is 5.88. The van der Waals surface area contributed by atoms with Gasteiger partial charge in [0, 0.05) is 5.92 Å². The van der Waals surface area contributed by atoms with Crippen molar-refractivity contribution in [3.63, 3.8) is 0 Å². The van der Waals surface area contributed by atoms with E-state index < -0.39 is 29.4 Å². The molecule has 1 atom stereocenters. The molecule has 0 aliphatic rings. The Morgan fingerprint density at radius 2 is 1.14 bits per heavy atom. The van der Waals surface area contributed by atoms with Gasteiger partial charge in [0.15, 0.2) is 0 Å². The SMILES string of the molecule is C[C@@H](c1ccccc1)c1cc(C(F)(F)F)cc(C(F)(F)F)c1. The molecule has 0 amide bonds. The van der Waals surface area contributed by atoms with Crippen molar-refractivity contribution in [1.82, 2.24) is 0 Å². The van der Waals surface area contributed by atoms with Crippen molar-refractivity contribution in [1.29, 1.82) is 0 Å². The average molecular weight is 318 g/mol. The summed E-state index contributed by atoms with van der Waals surface area (Å²) in [6.45, 7) is 1.57. The normalized spacial score (nSPS) is 14.0. The highest BCUT2D eigenvalue weighted by Gasteiger charge is 2.37. The molecular weight excluding hydrogens is 306 g/mol. The Morgan fingerprint density at radius 3 is 1.55 bits per heavy atom. The first kappa shape index (κ1) is 16.4. The van der Waals surface area contributed by atoms with Crippen LogP contribution in [0.2, 0.25) is 0 Å². The van der Waals surface area contributed by atoms with Crippen LogP contribution in [0.25, 0.3) is 0 Å². The van der Waals surface area contributed by atoms with Gasteiger partial charge in [-0.1, -0.05) is 37.3 Å². The molecule has 0 fully saturated rings. The molecule has 0 aromatic heterocycles. The second-order valence-electron chi connectivity index (χ2n) is 4.97. The van der Waals surface area contributed by atoms with Gasteiger partial charge in [0.05, 0.1) is 11.1 Å². The lowest BCUT2D eigenvalue weighted by Gasteiger charge is -2.18. The highest BCUT2D eigenvalue weighted by Crippen LogP contribution is 2.38. The third-order valence-electron chi connectivity index (χ3n) is 3.41. The minimum Gasteiger partial charge on any atom is -0.166 e. The van der Waals surface area contributed by atoms with Gasteiger partial charge in [-0.15, -0.1) is 0 Å². The van der Waals surface area contributed by atoms with Crippen molar-refractivity contribution in [2.75, 3.05) is 0 Å². The summed E-state index contributed by atoms with van der Waals surface area (Å²) in [5.74, 6) is -0.579. The molecule has 0 nitrogen and oxygen atoms in total. The Labute approximate surface area is 123 Å². The summed E-state index contributed by atoms with van der Waals surface area (Å²) in [5.41, 5.74) is -1.96. The first-order chi connectivity index (χ1) is 10.1. The number of alkyl halides is 6. The van der Waals surface area contributed by atoms with E-state index in [4.69, 9.17) is 0 Å². The largest absolute Gasteiger partial charge is 0.416 e. The maximum absolute atomic E-state index is 12.8. The van der Waals surface area contributed by atoms with Crippen LogP contribution in [0.3, 0.4) is 0 Å². The molecule has 22 heavy (non-hydrogen) atoms. The molecule has 2 aromatic carbocycles. The van der Waals surface area contributed by atoms with Crippen LogP contribution in [-0.2, 0) is 12.4 Å². The fourth-order valence-electron chi connectivity index (χ4n) is 2.16. The van der Waals surface area contributed by atoms with Crippen molar-refractivity contribution in [3.05, 3.63) is 70.8 Å². The van der Waals surface area contributed by atoms with E-state index in [0.29, 0.717) is 5.56 Å². The van der Waals surface area contributed by atoms with E-state index in [1.165, 1.54) is 0 Å². The zero-order valence-electron chi connectivity index (χ0n) is 11.5. The van der Waals surface area contributed by atoms with Crippen LogP contribution in [0.4, 0.5) is 26.3 Å². The van der Waals surface area contributed by atoms with E-state index in [1.807, 2.05) is 0 Å². The monoisotopic (exact) mass is 318 g/mol. The Morgan fingerprint density at radius 1 is 0.682 bits per heavy atom. The van der Waals surface area contributed by atoms with Crippen LogP contribution in [0, 0.1) is 0 Å². The van der Waals surface area contributed by atoms with E-state index in [2.05, 4.69) is 0 Å². The van der Waals surface area contributed by atoms with Crippen LogP contribution >= 0.6 is 0 Å². The summed E-state index contributed by atoms with van der Waals surface area (Å²) in [6, 6.07) is 10.1. The van der Waals surface area contributed by atoms with Gasteiger partial charge in [-0.25, -0.2) is 0 Å². The second kappa shape index (κ2) is 5.66. The van der Waals surface area contributed by atoms with Gasteiger partial charge < -0.3 is 0 Å². The average Bonchev–Trinajstić information content (AvgIpc) is 2.45. The molecule has 0 N–H and O–H groups in total. The summed E-state index contributed by atoms with van der Waals surface area (Å²) in [7, 11) is 0. The Kier molecular flexibility index (Phi) is 4.22. The molecule has 0 bridgehead atoms. The van der Waals surface area contributed by atoms with E-state index in [-0.39, 0.29) is 11.6 Å². The molecule has 118 valence electrons. The maximum atomic E-state index is 12.8. The highest BCUT2D eigenvalue weighted by atomic mass is 19.4. The van der Waals surface area contributed by atoms with Gasteiger partial charge in [-0.2, -0.15) is 26.3 Å². The van der Waals surface area contributed by atoms with Gasteiger partial charge >= 0.3 is 12.4 Å². The van der Waals surface area contributed by atoms with Gasteiger partial charge in [0.2, 0.25) is 0 Å². The fourth-order valence-corrected chi connectivity index (χ4v) is 2.16. The van der Waals surface area contributed by atoms with Crippen molar-refractivity contribution < 1.29 is 26.3 Å². The third kappa shape index (κ3) is 3.61. The number of rotatable bonds is 2. The first-order valence-corrected chi connectivity index (χ1v) is 6.43. The zero-order chi connectivity index (χ0) is 16.5. The maximum Gasteiger partial charge on any atom is 0.416 e. The molecule has 0 saturated heterocycles. The van der Waals surface area contributed by atoms with Crippen LogP contribution in [0.15, 0.2) is 48.5 Å². The molecule has 2 aromatic rings. The number of halogens is 6. The minimum absolute atomic E-state index is 0.0200. The quantitative estimate of drug-likeness (QED) is 0.607. The van der Waals surface area contributed by atoms with E-state index in [1.54, 1.807) is 37.3 Å². The van der Waals surface area contributed by atoms with Gasteiger partial charge in [0.25, 0.3) is 0 Å². The van der Waals surface area contributed by atoms with Gasteiger partial charge in [0.1, 0.15) is 0 Å². The second-order valence-corrected chi connectivity index (χ2v) is 4.97. The molecule has 0 heterocycles. The van der Waals surface area contributed by atoms with E-state index in [0.717, 1.165) is 12.1 Å². The molecule has 6 heteroatoms. The molecule has 0 aliphatic heterocycles. The van der Waals surface area contributed by atoms with Gasteiger partial charge in [-0.3, -0.25) is 0 Å².